The highest BCUT2D eigenvalue weighted by molar-refractivity contribution is 6.27. The minimum Gasteiger partial charge on any atom is -0.293 e. The Kier molecular flexibility index (Phi) is 3.93. The van der Waals surface area contributed by atoms with Gasteiger partial charge in [0.15, 0.2) is 5.78 Å². The number of rotatable bonds is 3. The first-order valence-electron chi connectivity index (χ1n) is 3.22. The highest BCUT2D eigenvalue weighted by Crippen LogP contribution is 1.84. The van der Waals surface area contributed by atoms with E-state index in [-0.39, 0.29) is 11.8 Å². The van der Waals surface area contributed by atoms with Crippen LogP contribution in [-0.2, 0) is 4.79 Å². The summed E-state index contributed by atoms with van der Waals surface area (Å²) < 4.78 is 0. The van der Waals surface area contributed by atoms with E-state index < -0.39 is 0 Å². The maximum absolute atomic E-state index is 10.6. The average Bonchev–Trinajstić information content (AvgIpc) is 1.83. The number of carbonyl (C=O) groups excluding carboxylic acids is 1. The number of aliphatic imine (C=N–C) groups is 1. The Morgan fingerprint density at radius 1 is 1.67 bits per heavy atom. The molecular formula is C7H13NO. The van der Waals surface area contributed by atoms with E-state index in [0.29, 0.717) is 6.42 Å². The Bertz CT molecular complexity index is 116. The summed E-state index contributed by atoms with van der Waals surface area (Å²) >= 11 is 0. The minimum atomic E-state index is 0.101. The van der Waals surface area contributed by atoms with Crippen molar-refractivity contribution in [2.45, 2.75) is 33.2 Å². The molecule has 9 heavy (non-hydrogen) atoms. The first kappa shape index (κ1) is 8.34. The Balaban J connectivity index is 3.57. The number of ketones is 1. The molecule has 0 aliphatic rings. The van der Waals surface area contributed by atoms with Crippen molar-refractivity contribution in [3.05, 3.63) is 0 Å². The largest absolute Gasteiger partial charge is 0.293 e. The van der Waals surface area contributed by atoms with Crippen LogP contribution in [0, 0.1) is 0 Å². The zero-order valence-electron chi connectivity index (χ0n) is 6.22. The monoisotopic (exact) mass is 127 g/mol. The van der Waals surface area contributed by atoms with Crippen molar-refractivity contribution in [2.24, 2.45) is 4.99 Å². The lowest BCUT2D eigenvalue weighted by molar-refractivity contribution is -0.112. The fraction of sp³-hybridized carbons (Fsp3) is 0.714. The van der Waals surface area contributed by atoms with Crippen LogP contribution < -0.4 is 0 Å². The molecule has 0 unspecified atom stereocenters. The van der Waals surface area contributed by atoms with Gasteiger partial charge in [0.25, 0.3) is 0 Å². The molecule has 0 spiro atoms. The SMILES string of the molecule is CCC(=O)C=NC(C)C. The molecule has 0 N–H and O–H groups in total. The first-order chi connectivity index (χ1) is 4.16. The van der Waals surface area contributed by atoms with Gasteiger partial charge in [-0.1, -0.05) is 6.92 Å². The van der Waals surface area contributed by atoms with Gasteiger partial charge < -0.3 is 0 Å². The van der Waals surface area contributed by atoms with E-state index in [1.165, 1.54) is 6.21 Å². The summed E-state index contributed by atoms with van der Waals surface area (Å²) in [4.78, 5) is 14.5. The standard InChI is InChI=1S/C7H13NO/c1-4-7(9)5-8-6(2)3/h5-6H,4H2,1-3H3. The average molecular weight is 127 g/mol. The molecule has 0 amide bonds. The second-order valence-corrected chi connectivity index (χ2v) is 2.19. The molecule has 0 aliphatic heterocycles. The van der Waals surface area contributed by atoms with Crippen LogP contribution in [0.15, 0.2) is 4.99 Å². The normalized spacial score (nSPS) is 11.1. The van der Waals surface area contributed by atoms with Gasteiger partial charge in [0.2, 0.25) is 0 Å². The number of carbonyl (C=O) groups is 1. The van der Waals surface area contributed by atoms with Crippen molar-refractivity contribution in [3.63, 3.8) is 0 Å². The van der Waals surface area contributed by atoms with Crippen molar-refractivity contribution < 1.29 is 4.79 Å². The van der Waals surface area contributed by atoms with Gasteiger partial charge in [0.05, 0.1) is 6.21 Å². The van der Waals surface area contributed by atoms with Gasteiger partial charge in [-0.15, -0.1) is 0 Å². The lowest BCUT2D eigenvalue weighted by Gasteiger charge is -1.91. The van der Waals surface area contributed by atoms with Gasteiger partial charge in [-0.25, -0.2) is 0 Å². The van der Waals surface area contributed by atoms with Gasteiger partial charge in [0, 0.05) is 12.5 Å². The highest BCUT2D eigenvalue weighted by atomic mass is 16.1. The third-order valence-corrected chi connectivity index (χ3v) is 0.865. The summed E-state index contributed by atoms with van der Waals surface area (Å²) in [5.74, 6) is 0.101. The molecule has 2 heteroatoms. The van der Waals surface area contributed by atoms with Crippen LogP contribution in [0.5, 0.6) is 0 Å². The summed E-state index contributed by atoms with van der Waals surface area (Å²) in [6, 6.07) is 0.237. The molecule has 52 valence electrons. The maximum atomic E-state index is 10.6. The third kappa shape index (κ3) is 5.21. The number of nitrogens with zero attached hydrogens (tertiary/aromatic N) is 1. The molecule has 0 heterocycles. The number of hydrogen-bond donors (Lipinski definition) is 0. The van der Waals surface area contributed by atoms with Crippen molar-refractivity contribution in [3.8, 4) is 0 Å². The second-order valence-electron chi connectivity index (χ2n) is 2.19. The number of hydrogen-bond acceptors (Lipinski definition) is 2. The Morgan fingerprint density at radius 3 is 2.56 bits per heavy atom. The second kappa shape index (κ2) is 4.24. The molecule has 0 aliphatic carbocycles. The predicted molar refractivity (Wildman–Crippen MR) is 38.9 cm³/mol. The molecule has 0 fully saturated rings. The van der Waals surface area contributed by atoms with E-state index in [9.17, 15) is 4.79 Å². The van der Waals surface area contributed by atoms with E-state index in [0.717, 1.165) is 0 Å². The molecule has 0 saturated carbocycles. The Labute approximate surface area is 56.0 Å². The predicted octanol–water partition coefficient (Wildman–Crippen LogP) is 1.44. The lowest BCUT2D eigenvalue weighted by Crippen LogP contribution is -1.99. The van der Waals surface area contributed by atoms with Gasteiger partial charge in [-0.3, -0.25) is 9.79 Å². The zero-order chi connectivity index (χ0) is 7.28. The Morgan fingerprint density at radius 2 is 2.22 bits per heavy atom. The van der Waals surface area contributed by atoms with Crippen LogP contribution in [0.1, 0.15) is 27.2 Å². The molecule has 0 aromatic heterocycles. The van der Waals surface area contributed by atoms with E-state index in [4.69, 9.17) is 0 Å². The summed E-state index contributed by atoms with van der Waals surface area (Å²) in [7, 11) is 0. The molecular weight excluding hydrogens is 114 g/mol. The van der Waals surface area contributed by atoms with Gasteiger partial charge in [-0.2, -0.15) is 0 Å². The van der Waals surface area contributed by atoms with Gasteiger partial charge in [0.1, 0.15) is 0 Å². The van der Waals surface area contributed by atoms with Crippen LogP contribution in [0.4, 0.5) is 0 Å². The lowest BCUT2D eigenvalue weighted by atomic mass is 10.3. The van der Waals surface area contributed by atoms with Crippen LogP contribution in [-0.4, -0.2) is 18.0 Å². The molecule has 0 saturated heterocycles. The molecule has 0 bridgehead atoms. The fourth-order valence-electron chi connectivity index (χ4n) is 0.323. The molecule has 2 nitrogen and oxygen atoms in total. The fourth-order valence-corrected chi connectivity index (χ4v) is 0.323. The summed E-state index contributed by atoms with van der Waals surface area (Å²) in [6.07, 6.45) is 1.96. The topological polar surface area (TPSA) is 29.4 Å². The molecule has 0 atom stereocenters. The number of Topliss-reactive ketones (excluding diaryl/α,β-unsaturated/α-hetero) is 1. The van der Waals surface area contributed by atoms with E-state index in [1.54, 1.807) is 0 Å². The summed E-state index contributed by atoms with van der Waals surface area (Å²) in [5, 5.41) is 0. The van der Waals surface area contributed by atoms with Crippen molar-refractivity contribution in [2.75, 3.05) is 0 Å². The molecule has 0 radical (unpaired) electrons. The van der Waals surface area contributed by atoms with Crippen molar-refractivity contribution in [1.82, 2.24) is 0 Å². The molecule has 0 aromatic rings. The highest BCUT2D eigenvalue weighted by Gasteiger charge is 1.90. The molecule has 0 rings (SSSR count). The van der Waals surface area contributed by atoms with E-state index in [2.05, 4.69) is 4.99 Å². The van der Waals surface area contributed by atoms with Crippen LogP contribution in [0.3, 0.4) is 0 Å². The smallest absolute Gasteiger partial charge is 0.173 e. The zero-order valence-corrected chi connectivity index (χ0v) is 6.22. The van der Waals surface area contributed by atoms with E-state index in [1.807, 2.05) is 20.8 Å². The molecule has 0 aromatic carbocycles. The van der Waals surface area contributed by atoms with Gasteiger partial charge >= 0.3 is 0 Å². The van der Waals surface area contributed by atoms with Gasteiger partial charge in [-0.05, 0) is 13.8 Å². The maximum Gasteiger partial charge on any atom is 0.173 e. The first-order valence-corrected chi connectivity index (χ1v) is 3.22. The summed E-state index contributed by atoms with van der Waals surface area (Å²) in [6.45, 7) is 5.72. The third-order valence-electron chi connectivity index (χ3n) is 0.865. The summed E-state index contributed by atoms with van der Waals surface area (Å²) in [5.41, 5.74) is 0. The van der Waals surface area contributed by atoms with Crippen LogP contribution >= 0.6 is 0 Å². The van der Waals surface area contributed by atoms with Crippen molar-refractivity contribution >= 4 is 12.0 Å². The van der Waals surface area contributed by atoms with Crippen LogP contribution in [0.25, 0.3) is 0 Å². The minimum absolute atomic E-state index is 0.101. The van der Waals surface area contributed by atoms with E-state index >= 15 is 0 Å². The van der Waals surface area contributed by atoms with Crippen LogP contribution in [0.2, 0.25) is 0 Å². The Hall–Kier alpha value is -0.660. The van der Waals surface area contributed by atoms with Crippen molar-refractivity contribution in [1.29, 1.82) is 0 Å². The quantitative estimate of drug-likeness (QED) is 0.527.